The second-order valence-corrected chi connectivity index (χ2v) is 5.81. The Balaban J connectivity index is 1.58. The number of ether oxygens (including phenoxy) is 2. The van der Waals surface area contributed by atoms with Gasteiger partial charge in [0.25, 0.3) is 0 Å². The minimum atomic E-state index is -0.612. The van der Waals surface area contributed by atoms with Crippen molar-refractivity contribution in [3.63, 3.8) is 0 Å². The van der Waals surface area contributed by atoms with Gasteiger partial charge in [0.15, 0.2) is 5.75 Å². The first-order valence-corrected chi connectivity index (χ1v) is 8.05. The van der Waals surface area contributed by atoms with E-state index in [1.165, 1.54) is 0 Å². The van der Waals surface area contributed by atoms with Crippen LogP contribution in [0.3, 0.4) is 0 Å². The fourth-order valence-corrected chi connectivity index (χ4v) is 2.65. The van der Waals surface area contributed by atoms with E-state index in [2.05, 4.69) is 10.4 Å². The summed E-state index contributed by atoms with van der Waals surface area (Å²) in [4.78, 5) is 12.2. The lowest BCUT2D eigenvalue weighted by Gasteiger charge is -2.19. The number of benzene rings is 1. The maximum atomic E-state index is 13.6. The van der Waals surface area contributed by atoms with Crippen molar-refractivity contribution in [2.24, 2.45) is 0 Å². The first-order chi connectivity index (χ1) is 12.0. The van der Waals surface area contributed by atoms with E-state index < -0.39 is 17.5 Å². The largest absolute Gasteiger partial charge is 0.482 e. The third-order valence-electron chi connectivity index (χ3n) is 3.95. The number of carbonyl (C=O) groups excluding carboxylic acids is 1. The van der Waals surface area contributed by atoms with Gasteiger partial charge < -0.3 is 14.8 Å². The van der Waals surface area contributed by atoms with E-state index >= 15 is 0 Å². The number of aryl methyl sites for hydroxylation is 1. The number of nitrogens with zero attached hydrogens (tertiary/aromatic N) is 2. The van der Waals surface area contributed by atoms with Crippen LogP contribution in [0.4, 0.5) is 8.78 Å². The topological polar surface area (TPSA) is 65.4 Å². The normalized spacial score (nSPS) is 19.8. The fraction of sp³-hybridized carbons (Fsp3) is 0.412. The Morgan fingerprint density at radius 3 is 3.04 bits per heavy atom. The molecule has 0 bridgehead atoms. The van der Waals surface area contributed by atoms with Gasteiger partial charge in [-0.05, 0) is 25.1 Å². The van der Waals surface area contributed by atoms with Crippen molar-refractivity contribution in [1.82, 2.24) is 15.1 Å². The van der Waals surface area contributed by atoms with Gasteiger partial charge in [0.1, 0.15) is 17.7 Å². The Morgan fingerprint density at radius 1 is 1.44 bits per heavy atom. The van der Waals surface area contributed by atoms with Crippen molar-refractivity contribution in [3.8, 4) is 5.75 Å². The Kier molecular flexibility index (Phi) is 5.28. The van der Waals surface area contributed by atoms with Crippen LogP contribution in [0.15, 0.2) is 30.6 Å². The molecular weight excluding hydrogens is 332 g/mol. The van der Waals surface area contributed by atoms with Crippen LogP contribution in [-0.4, -0.2) is 41.0 Å². The minimum Gasteiger partial charge on any atom is -0.482 e. The highest BCUT2D eigenvalue weighted by Gasteiger charge is 2.31. The molecule has 2 atom stereocenters. The monoisotopic (exact) mass is 351 g/mol. The van der Waals surface area contributed by atoms with E-state index in [0.29, 0.717) is 19.0 Å². The minimum absolute atomic E-state index is 0.0121. The molecule has 1 aliphatic heterocycles. The number of nitrogens with one attached hydrogen (secondary N) is 1. The lowest BCUT2D eigenvalue weighted by Crippen LogP contribution is -2.45. The summed E-state index contributed by atoms with van der Waals surface area (Å²) < 4.78 is 39.7. The van der Waals surface area contributed by atoms with Gasteiger partial charge in [-0.25, -0.2) is 8.78 Å². The number of halogens is 2. The average molecular weight is 351 g/mol. The van der Waals surface area contributed by atoms with Gasteiger partial charge in [0, 0.05) is 12.1 Å². The lowest BCUT2D eigenvalue weighted by atomic mass is 10.1. The molecule has 1 fully saturated rings. The van der Waals surface area contributed by atoms with Crippen molar-refractivity contribution in [3.05, 3.63) is 47.8 Å². The van der Waals surface area contributed by atoms with Gasteiger partial charge in [-0.15, -0.1) is 0 Å². The first-order valence-electron chi connectivity index (χ1n) is 8.05. The third kappa shape index (κ3) is 4.33. The molecule has 1 amide bonds. The van der Waals surface area contributed by atoms with Gasteiger partial charge in [-0.2, -0.15) is 5.10 Å². The molecule has 2 aromatic rings. The Hall–Kier alpha value is -2.48. The van der Waals surface area contributed by atoms with Gasteiger partial charge in [0.05, 0.1) is 38.1 Å². The predicted molar refractivity (Wildman–Crippen MR) is 85.1 cm³/mol. The van der Waals surface area contributed by atoms with Crippen LogP contribution in [0.25, 0.3) is 0 Å². The zero-order valence-electron chi connectivity index (χ0n) is 13.7. The number of hydrogen-bond acceptors (Lipinski definition) is 4. The highest BCUT2D eigenvalue weighted by Crippen LogP contribution is 2.17. The molecule has 0 saturated carbocycles. The molecule has 0 aliphatic carbocycles. The highest BCUT2D eigenvalue weighted by atomic mass is 19.1. The highest BCUT2D eigenvalue weighted by molar-refractivity contribution is 5.79. The van der Waals surface area contributed by atoms with E-state index in [-0.39, 0.29) is 24.1 Å². The molecular formula is C17H19F2N3O3. The maximum Gasteiger partial charge on any atom is 0.224 e. The SMILES string of the molecule is CCn1cc(O[C@@H]2COC[C@@H]2NC(=O)Cc2cc(F)ccc2F)cn1. The standard InChI is InChI=1S/C17H19F2N3O3/c1-2-22-8-13(7-20-22)25-16-10-24-9-15(16)21-17(23)6-11-5-12(18)3-4-14(11)19/h3-5,7-8,15-16H,2,6,9-10H2,1H3,(H,21,23)/t15-,16+/m0/s1. The second kappa shape index (κ2) is 7.60. The van der Waals surface area contributed by atoms with Crippen LogP contribution >= 0.6 is 0 Å². The van der Waals surface area contributed by atoms with Crippen molar-refractivity contribution in [2.45, 2.75) is 32.0 Å². The molecule has 134 valence electrons. The second-order valence-electron chi connectivity index (χ2n) is 5.81. The molecule has 1 aromatic carbocycles. The summed E-state index contributed by atoms with van der Waals surface area (Å²) in [7, 11) is 0. The zero-order valence-corrected chi connectivity index (χ0v) is 13.7. The summed E-state index contributed by atoms with van der Waals surface area (Å²) >= 11 is 0. The van der Waals surface area contributed by atoms with Gasteiger partial charge in [-0.3, -0.25) is 9.48 Å². The molecule has 0 unspecified atom stereocenters. The third-order valence-corrected chi connectivity index (χ3v) is 3.95. The summed E-state index contributed by atoms with van der Waals surface area (Å²) in [5, 5.41) is 6.88. The van der Waals surface area contributed by atoms with Crippen molar-refractivity contribution >= 4 is 5.91 Å². The maximum absolute atomic E-state index is 13.6. The smallest absolute Gasteiger partial charge is 0.224 e. The van der Waals surface area contributed by atoms with E-state index in [9.17, 15) is 13.6 Å². The molecule has 1 N–H and O–H groups in total. The quantitative estimate of drug-likeness (QED) is 0.860. The summed E-state index contributed by atoms with van der Waals surface area (Å²) in [6.45, 7) is 3.31. The van der Waals surface area contributed by atoms with E-state index in [4.69, 9.17) is 9.47 Å². The summed E-state index contributed by atoms with van der Waals surface area (Å²) in [5.41, 5.74) is 0.0121. The van der Waals surface area contributed by atoms with E-state index in [1.807, 2.05) is 6.92 Å². The van der Waals surface area contributed by atoms with Crippen LogP contribution in [0.5, 0.6) is 5.75 Å². The number of amides is 1. The lowest BCUT2D eigenvalue weighted by molar-refractivity contribution is -0.121. The average Bonchev–Trinajstić information content (AvgIpc) is 3.21. The van der Waals surface area contributed by atoms with Gasteiger partial charge >= 0.3 is 0 Å². The van der Waals surface area contributed by atoms with Crippen molar-refractivity contribution in [1.29, 1.82) is 0 Å². The van der Waals surface area contributed by atoms with Crippen LogP contribution in [0.2, 0.25) is 0 Å². The molecule has 25 heavy (non-hydrogen) atoms. The Morgan fingerprint density at radius 2 is 2.28 bits per heavy atom. The fourth-order valence-electron chi connectivity index (χ4n) is 2.65. The molecule has 8 heteroatoms. The first kappa shape index (κ1) is 17.3. The van der Waals surface area contributed by atoms with E-state index in [1.54, 1.807) is 17.1 Å². The molecule has 1 saturated heterocycles. The number of rotatable bonds is 6. The number of aromatic nitrogens is 2. The number of carbonyl (C=O) groups is 1. The van der Waals surface area contributed by atoms with Crippen molar-refractivity contribution < 1.29 is 23.0 Å². The molecule has 0 spiro atoms. The molecule has 1 aromatic heterocycles. The van der Waals surface area contributed by atoms with Crippen LogP contribution in [0, 0.1) is 11.6 Å². The molecule has 0 radical (unpaired) electrons. The number of hydrogen-bond donors (Lipinski definition) is 1. The summed E-state index contributed by atoms with van der Waals surface area (Å²) in [6.07, 6.45) is 2.75. The van der Waals surface area contributed by atoms with Crippen LogP contribution in [-0.2, 0) is 22.5 Å². The molecule has 1 aliphatic rings. The Labute approximate surface area is 143 Å². The molecule has 2 heterocycles. The van der Waals surface area contributed by atoms with Gasteiger partial charge in [0.2, 0.25) is 5.91 Å². The van der Waals surface area contributed by atoms with E-state index in [0.717, 1.165) is 24.7 Å². The summed E-state index contributed by atoms with van der Waals surface area (Å²) in [6, 6.07) is 2.68. The van der Waals surface area contributed by atoms with Crippen molar-refractivity contribution in [2.75, 3.05) is 13.2 Å². The predicted octanol–water partition coefficient (Wildman–Crippen LogP) is 1.69. The van der Waals surface area contributed by atoms with Gasteiger partial charge in [-0.1, -0.05) is 0 Å². The van der Waals surface area contributed by atoms with Crippen LogP contribution in [0.1, 0.15) is 12.5 Å². The van der Waals surface area contributed by atoms with Crippen LogP contribution < -0.4 is 10.1 Å². The zero-order chi connectivity index (χ0) is 17.8. The molecule has 6 nitrogen and oxygen atoms in total. The summed E-state index contributed by atoms with van der Waals surface area (Å²) in [5.74, 6) is -1.02. The molecule has 3 rings (SSSR count). The Bertz CT molecular complexity index is 750.